The molecule has 0 fully saturated rings. The second-order valence-corrected chi connectivity index (χ2v) is 13.8. The van der Waals surface area contributed by atoms with E-state index in [0.717, 1.165) is 66.3 Å². The average molecular weight is 720 g/mol. The molecule has 8 aromatic carbocycles. The Bertz CT molecular complexity index is 3370. The van der Waals surface area contributed by atoms with Crippen LogP contribution in [0, 0.1) is 0 Å². The molecule has 56 heavy (non-hydrogen) atoms. The van der Waals surface area contributed by atoms with Crippen molar-refractivity contribution in [1.82, 2.24) is 24.1 Å². The standard InChI is InChI=1S/C51H33N5/c1-4-16-34(17-5-1)36-20-14-22-38(30-36)49-52-50(39-23-15-21-37(31-39)35-18-6-2-7-19-35)54-51(53-49)56-46-29-13-11-27-42(46)44-32-47-43(33-48(44)56)41-26-10-12-28-45(41)55(47)40-24-8-3-9-25-40/h1-33H/i10D,11D,28D,29D. The summed E-state index contributed by atoms with van der Waals surface area (Å²) in [6.45, 7) is 0. The van der Waals surface area contributed by atoms with Gasteiger partial charge in [0.25, 0.3) is 0 Å². The zero-order chi connectivity index (χ0) is 40.5. The Hall–Kier alpha value is -7.63. The SMILES string of the molecule is [2H]c1cc([2H])c2c(c1)c1cc3c(cc1n2-c1ccccc1)c1cc([2H])cc([2H])c1n3-c1nc(-c2cccc(-c3ccccc3)c2)nc(-c2cccc(-c3ccccc3)c2)n1. The van der Waals surface area contributed by atoms with Crippen LogP contribution in [0.3, 0.4) is 0 Å². The molecule has 0 atom stereocenters. The highest BCUT2D eigenvalue weighted by Gasteiger charge is 2.21. The summed E-state index contributed by atoms with van der Waals surface area (Å²) in [6.07, 6.45) is 0. The summed E-state index contributed by atoms with van der Waals surface area (Å²) in [4.78, 5) is 15.6. The highest BCUT2D eigenvalue weighted by Crippen LogP contribution is 2.40. The van der Waals surface area contributed by atoms with E-state index in [1.54, 1.807) is 18.2 Å². The predicted molar refractivity (Wildman–Crippen MR) is 230 cm³/mol. The fourth-order valence-electron chi connectivity index (χ4n) is 7.87. The van der Waals surface area contributed by atoms with E-state index >= 15 is 0 Å². The number of hydrogen-bond donors (Lipinski definition) is 0. The summed E-state index contributed by atoms with van der Waals surface area (Å²) >= 11 is 0. The molecule has 0 aliphatic heterocycles. The molecule has 0 amide bonds. The maximum Gasteiger partial charge on any atom is 0.238 e. The van der Waals surface area contributed by atoms with Crippen LogP contribution in [-0.4, -0.2) is 24.1 Å². The van der Waals surface area contributed by atoms with Gasteiger partial charge in [-0.2, -0.15) is 9.97 Å². The first kappa shape index (κ1) is 27.9. The number of fused-ring (bicyclic) bond motifs is 6. The number of para-hydroxylation sites is 3. The predicted octanol–water partition coefficient (Wildman–Crippen LogP) is 12.7. The van der Waals surface area contributed by atoms with Gasteiger partial charge >= 0.3 is 0 Å². The first-order valence-electron chi connectivity index (χ1n) is 20.5. The molecular weight excluding hydrogens is 683 g/mol. The van der Waals surface area contributed by atoms with Gasteiger partial charge in [0.15, 0.2) is 11.6 Å². The van der Waals surface area contributed by atoms with Crippen LogP contribution >= 0.6 is 0 Å². The summed E-state index contributed by atoms with van der Waals surface area (Å²) < 4.78 is 39.8. The van der Waals surface area contributed by atoms with Crippen molar-refractivity contribution in [3.63, 3.8) is 0 Å². The maximum absolute atomic E-state index is 9.35. The molecule has 0 aliphatic rings. The van der Waals surface area contributed by atoms with Gasteiger partial charge in [-0.25, -0.2) is 4.98 Å². The van der Waals surface area contributed by atoms with Gasteiger partial charge in [0.05, 0.1) is 27.5 Å². The molecule has 0 saturated carbocycles. The van der Waals surface area contributed by atoms with E-state index in [0.29, 0.717) is 34.0 Å². The highest BCUT2D eigenvalue weighted by atomic mass is 15.2. The molecule has 0 unspecified atom stereocenters. The lowest BCUT2D eigenvalue weighted by atomic mass is 10.0. The van der Waals surface area contributed by atoms with E-state index in [-0.39, 0.29) is 24.2 Å². The van der Waals surface area contributed by atoms with Crippen molar-refractivity contribution in [3.8, 4) is 56.7 Å². The van der Waals surface area contributed by atoms with Crippen LogP contribution in [0.5, 0.6) is 0 Å². The Morgan fingerprint density at radius 2 is 0.786 bits per heavy atom. The van der Waals surface area contributed by atoms with E-state index in [2.05, 4.69) is 65.2 Å². The third-order valence-corrected chi connectivity index (χ3v) is 10.5. The number of rotatable bonds is 6. The molecule has 0 spiro atoms. The van der Waals surface area contributed by atoms with Crippen LogP contribution in [0.4, 0.5) is 0 Å². The molecule has 3 heterocycles. The van der Waals surface area contributed by atoms with Crippen molar-refractivity contribution in [1.29, 1.82) is 0 Å². The minimum atomic E-state index is 0.164. The van der Waals surface area contributed by atoms with Crippen LogP contribution in [0.1, 0.15) is 5.48 Å². The number of nitrogens with zero attached hydrogens (tertiary/aromatic N) is 5. The Labute approximate surface area is 329 Å². The van der Waals surface area contributed by atoms with E-state index in [1.165, 1.54) is 0 Å². The molecule has 262 valence electrons. The molecule has 11 rings (SSSR count). The van der Waals surface area contributed by atoms with Crippen LogP contribution in [0.15, 0.2) is 200 Å². The molecule has 5 heteroatoms. The van der Waals surface area contributed by atoms with Gasteiger partial charge in [-0.15, -0.1) is 0 Å². The summed E-state index contributed by atoms with van der Waals surface area (Å²) in [5.41, 5.74) is 9.51. The third-order valence-electron chi connectivity index (χ3n) is 10.5. The number of aromatic nitrogens is 5. The zero-order valence-electron chi connectivity index (χ0n) is 34.0. The summed E-state index contributed by atoms with van der Waals surface area (Å²) in [5, 5.41) is 3.12. The lowest BCUT2D eigenvalue weighted by Gasteiger charge is -2.12. The minimum Gasteiger partial charge on any atom is -0.309 e. The van der Waals surface area contributed by atoms with Gasteiger partial charge in [0.2, 0.25) is 5.95 Å². The first-order chi connectivity index (χ1) is 29.4. The van der Waals surface area contributed by atoms with Crippen LogP contribution in [0.2, 0.25) is 0 Å². The van der Waals surface area contributed by atoms with Crippen molar-refractivity contribution in [3.05, 3.63) is 200 Å². The van der Waals surface area contributed by atoms with Crippen LogP contribution in [-0.2, 0) is 0 Å². The highest BCUT2D eigenvalue weighted by molar-refractivity contribution is 6.18. The molecule has 0 radical (unpaired) electrons. The van der Waals surface area contributed by atoms with E-state index < -0.39 is 0 Å². The largest absolute Gasteiger partial charge is 0.309 e. The monoisotopic (exact) mass is 719 g/mol. The van der Waals surface area contributed by atoms with Crippen molar-refractivity contribution in [2.45, 2.75) is 0 Å². The fourth-order valence-corrected chi connectivity index (χ4v) is 7.87. The van der Waals surface area contributed by atoms with Crippen LogP contribution < -0.4 is 0 Å². The summed E-state index contributed by atoms with van der Waals surface area (Å²) in [6, 6.07) is 58.4. The van der Waals surface area contributed by atoms with Crippen LogP contribution in [0.25, 0.3) is 100 Å². The topological polar surface area (TPSA) is 48.5 Å². The van der Waals surface area contributed by atoms with Crippen molar-refractivity contribution >= 4 is 43.6 Å². The number of hydrogen-bond acceptors (Lipinski definition) is 3. The quantitative estimate of drug-likeness (QED) is 0.172. The van der Waals surface area contributed by atoms with E-state index in [4.69, 9.17) is 19.1 Å². The molecule has 0 saturated heterocycles. The summed E-state index contributed by atoms with van der Waals surface area (Å²) in [5.74, 6) is 1.26. The van der Waals surface area contributed by atoms with Crippen molar-refractivity contribution < 1.29 is 5.48 Å². The normalized spacial score (nSPS) is 12.6. The number of benzene rings is 8. The summed E-state index contributed by atoms with van der Waals surface area (Å²) in [7, 11) is 0. The first-order valence-corrected chi connectivity index (χ1v) is 18.5. The van der Waals surface area contributed by atoms with E-state index in [1.807, 2.05) is 102 Å². The lowest BCUT2D eigenvalue weighted by Crippen LogP contribution is -2.06. The molecule has 5 nitrogen and oxygen atoms in total. The Morgan fingerprint density at radius 3 is 1.32 bits per heavy atom. The van der Waals surface area contributed by atoms with Gasteiger partial charge in [0.1, 0.15) is 0 Å². The maximum atomic E-state index is 9.35. The van der Waals surface area contributed by atoms with Crippen molar-refractivity contribution in [2.24, 2.45) is 0 Å². The van der Waals surface area contributed by atoms with Gasteiger partial charge in [-0.05, 0) is 70.7 Å². The van der Waals surface area contributed by atoms with E-state index in [9.17, 15) is 1.37 Å². The average Bonchev–Trinajstić information content (AvgIpc) is 3.78. The second-order valence-electron chi connectivity index (χ2n) is 13.8. The fraction of sp³-hybridized carbons (Fsp3) is 0. The zero-order valence-corrected chi connectivity index (χ0v) is 30.0. The minimum absolute atomic E-state index is 0.164. The van der Waals surface area contributed by atoms with Gasteiger partial charge in [-0.3, -0.25) is 4.57 Å². The van der Waals surface area contributed by atoms with Gasteiger partial charge in [0, 0.05) is 38.4 Å². The molecule has 0 N–H and O–H groups in total. The molecule has 0 bridgehead atoms. The Balaban J connectivity index is 1.23. The van der Waals surface area contributed by atoms with Crippen molar-refractivity contribution in [2.75, 3.05) is 0 Å². The smallest absolute Gasteiger partial charge is 0.238 e. The molecule has 3 aromatic heterocycles. The Morgan fingerprint density at radius 1 is 0.339 bits per heavy atom. The molecule has 0 aliphatic carbocycles. The molecule has 11 aromatic rings. The molecular formula is C51H33N5. The lowest BCUT2D eigenvalue weighted by molar-refractivity contribution is 0.954. The Kier molecular flexibility index (Phi) is 6.50. The third kappa shape index (κ3) is 5.29. The second kappa shape index (κ2) is 13.0. The van der Waals surface area contributed by atoms with Gasteiger partial charge < -0.3 is 4.57 Å². The van der Waals surface area contributed by atoms with Gasteiger partial charge in [-0.1, -0.05) is 152 Å².